The van der Waals surface area contributed by atoms with Gasteiger partial charge in [-0.05, 0) is 49.4 Å². The number of carbonyl (C=O) groups excluding carboxylic acids is 1. The zero-order valence-corrected chi connectivity index (χ0v) is 15.0. The molecule has 8 heteroatoms. The lowest BCUT2D eigenvalue weighted by molar-refractivity contribution is -0.142. The average Bonchev–Trinajstić information content (AvgIpc) is 2.60. The minimum absolute atomic E-state index is 0.0488. The van der Waals surface area contributed by atoms with Gasteiger partial charge in [0.05, 0.1) is 10.8 Å². The van der Waals surface area contributed by atoms with Gasteiger partial charge in [0.15, 0.2) is 0 Å². The Morgan fingerprint density at radius 1 is 1.16 bits per heavy atom. The lowest BCUT2D eigenvalue weighted by atomic mass is 9.99. The number of amides is 1. The van der Waals surface area contributed by atoms with Gasteiger partial charge in [-0.25, -0.2) is 8.42 Å². The molecule has 0 aliphatic carbocycles. The zero-order valence-electron chi connectivity index (χ0n) is 14.1. The van der Waals surface area contributed by atoms with E-state index in [4.69, 9.17) is 5.11 Å². The Hall–Kier alpha value is -1.93. The number of carboxylic acids is 1. The summed E-state index contributed by atoms with van der Waals surface area (Å²) in [6.45, 7) is 2.59. The van der Waals surface area contributed by atoms with Crippen LogP contribution in [0.1, 0.15) is 31.7 Å². The molecule has 2 aliphatic heterocycles. The van der Waals surface area contributed by atoms with Crippen molar-refractivity contribution in [1.82, 2.24) is 4.31 Å². The fourth-order valence-electron chi connectivity index (χ4n) is 3.55. The summed E-state index contributed by atoms with van der Waals surface area (Å²) in [5, 5.41) is 9.05. The largest absolute Gasteiger partial charge is 0.481 e. The van der Waals surface area contributed by atoms with Gasteiger partial charge in [0, 0.05) is 32.2 Å². The summed E-state index contributed by atoms with van der Waals surface area (Å²) < 4.78 is 27.1. The van der Waals surface area contributed by atoms with E-state index in [2.05, 4.69) is 0 Å². The first-order valence-electron chi connectivity index (χ1n) is 8.44. The molecule has 3 rings (SSSR count). The maximum absolute atomic E-state index is 12.9. The molecule has 0 radical (unpaired) electrons. The van der Waals surface area contributed by atoms with Crippen LogP contribution in [-0.2, 0) is 26.0 Å². The predicted octanol–water partition coefficient (Wildman–Crippen LogP) is 1.47. The Morgan fingerprint density at radius 2 is 1.84 bits per heavy atom. The van der Waals surface area contributed by atoms with E-state index in [0.29, 0.717) is 19.4 Å². The van der Waals surface area contributed by atoms with Crippen LogP contribution < -0.4 is 4.90 Å². The first kappa shape index (κ1) is 17.9. The molecule has 2 heterocycles. The Balaban J connectivity index is 1.84. The summed E-state index contributed by atoms with van der Waals surface area (Å²) in [5.41, 5.74) is 1.64. The number of aliphatic carboxylic acids is 1. The number of fused-ring (bicyclic) bond motifs is 1. The van der Waals surface area contributed by atoms with E-state index in [1.165, 1.54) is 11.2 Å². The van der Waals surface area contributed by atoms with E-state index in [1.807, 2.05) is 0 Å². The van der Waals surface area contributed by atoms with Crippen LogP contribution >= 0.6 is 0 Å². The number of aryl methyl sites for hydroxylation is 1. The Bertz CT molecular complexity index is 797. The van der Waals surface area contributed by atoms with Crippen LogP contribution in [0.3, 0.4) is 0 Å². The highest BCUT2D eigenvalue weighted by Crippen LogP contribution is 2.31. The van der Waals surface area contributed by atoms with Crippen LogP contribution in [0.4, 0.5) is 5.69 Å². The molecule has 1 amide bonds. The van der Waals surface area contributed by atoms with Crippen molar-refractivity contribution < 1.29 is 23.1 Å². The number of piperidine rings is 1. The summed E-state index contributed by atoms with van der Waals surface area (Å²) in [6.07, 6.45) is 2.21. The minimum atomic E-state index is -3.65. The Labute approximate surface area is 147 Å². The van der Waals surface area contributed by atoms with Crippen molar-refractivity contribution in [2.45, 2.75) is 37.5 Å². The number of carbonyl (C=O) groups is 2. The number of nitrogens with zero attached hydrogens (tertiary/aromatic N) is 2. The zero-order chi connectivity index (χ0) is 18.2. The second-order valence-corrected chi connectivity index (χ2v) is 8.52. The van der Waals surface area contributed by atoms with Gasteiger partial charge < -0.3 is 10.0 Å². The van der Waals surface area contributed by atoms with E-state index in [9.17, 15) is 18.0 Å². The third kappa shape index (κ3) is 3.41. The molecule has 25 heavy (non-hydrogen) atoms. The monoisotopic (exact) mass is 366 g/mol. The van der Waals surface area contributed by atoms with Crippen LogP contribution in [0, 0.1) is 5.92 Å². The number of hydrogen-bond acceptors (Lipinski definition) is 4. The minimum Gasteiger partial charge on any atom is -0.481 e. The molecular formula is C17H22N2O5S. The molecule has 0 spiro atoms. The molecule has 0 bridgehead atoms. The van der Waals surface area contributed by atoms with Crippen molar-refractivity contribution in [3.63, 3.8) is 0 Å². The van der Waals surface area contributed by atoms with E-state index < -0.39 is 21.9 Å². The number of carboxylic acid groups (broad SMARTS) is 1. The van der Waals surface area contributed by atoms with Crippen molar-refractivity contribution in [3.05, 3.63) is 23.8 Å². The van der Waals surface area contributed by atoms with Crippen molar-refractivity contribution >= 4 is 27.6 Å². The number of benzene rings is 1. The second kappa shape index (κ2) is 6.76. The lowest BCUT2D eigenvalue weighted by Crippen LogP contribution is -2.40. The third-order valence-electron chi connectivity index (χ3n) is 4.99. The molecule has 1 fully saturated rings. The highest BCUT2D eigenvalue weighted by molar-refractivity contribution is 7.89. The first-order chi connectivity index (χ1) is 11.8. The topological polar surface area (TPSA) is 95.0 Å². The maximum atomic E-state index is 12.9. The van der Waals surface area contributed by atoms with Crippen LogP contribution in [0.5, 0.6) is 0 Å². The summed E-state index contributed by atoms with van der Waals surface area (Å²) in [4.78, 5) is 24.6. The fraction of sp³-hybridized carbons (Fsp3) is 0.529. The van der Waals surface area contributed by atoms with E-state index >= 15 is 0 Å². The first-order valence-corrected chi connectivity index (χ1v) is 9.88. The van der Waals surface area contributed by atoms with E-state index in [-0.39, 0.29) is 23.9 Å². The number of rotatable bonds is 3. The summed E-state index contributed by atoms with van der Waals surface area (Å²) in [6, 6.07) is 4.90. The smallest absolute Gasteiger partial charge is 0.306 e. The molecule has 0 aromatic heterocycles. The highest BCUT2D eigenvalue weighted by atomic mass is 32.2. The van der Waals surface area contributed by atoms with Crippen molar-refractivity contribution in [1.29, 1.82) is 0 Å². The molecule has 0 unspecified atom stereocenters. The normalized spacial score (nSPS) is 19.5. The Morgan fingerprint density at radius 3 is 2.44 bits per heavy atom. The van der Waals surface area contributed by atoms with Crippen molar-refractivity contribution in [2.24, 2.45) is 5.92 Å². The SMILES string of the molecule is CC(=O)N1CCCc2cc(S(=O)(=O)N3CCC(C(=O)O)CC3)ccc21. The van der Waals surface area contributed by atoms with Gasteiger partial charge in [-0.15, -0.1) is 0 Å². The van der Waals surface area contributed by atoms with Crippen molar-refractivity contribution in [3.8, 4) is 0 Å². The van der Waals surface area contributed by atoms with Gasteiger partial charge in [-0.3, -0.25) is 9.59 Å². The predicted molar refractivity (Wildman–Crippen MR) is 91.9 cm³/mol. The molecule has 1 saturated heterocycles. The van der Waals surface area contributed by atoms with Crippen LogP contribution in [0.25, 0.3) is 0 Å². The fourth-order valence-corrected chi connectivity index (χ4v) is 5.07. The molecule has 1 aromatic rings. The molecule has 136 valence electrons. The molecular weight excluding hydrogens is 344 g/mol. The number of sulfonamides is 1. The van der Waals surface area contributed by atoms with Gasteiger partial charge >= 0.3 is 5.97 Å². The number of anilines is 1. The van der Waals surface area contributed by atoms with Gasteiger partial charge in [-0.1, -0.05) is 0 Å². The highest BCUT2D eigenvalue weighted by Gasteiger charge is 2.32. The molecule has 2 aliphatic rings. The van der Waals surface area contributed by atoms with Crippen LogP contribution in [0.15, 0.2) is 23.1 Å². The quantitative estimate of drug-likeness (QED) is 0.874. The molecule has 1 N–H and O–H groups in total. The van der Waals surface area contributed by atoms with Gasteiger partial charge in [-0.2, -0.15) is 4.31 Å². The molecule has 0 saturated carbocycles. The summed E-state index contributed by atoms with van der Waals surface area (Å²) >= 11 is 0. The van der Waals surface area contributed by atoms with Crippen molar-refractivity contribution in [2.75, 3.05) is 24.5 Å². The van der Waals surface area contributed by atoms with Crippen LogP contribution in [-0.4, -0.2) is 49.3 Å². The lowest BCUT2D eigenvalue weighted by Gasteiger charge is -2.31. The Kier molecular flexibility index (Phi) is 4.83. The average molecular weight is 366 g/mol. The maximum Gasteiger partial charge on any atom is 0.306 e. The molecule has 0 atom stereocenters. The third-order valence-corrected chi connectivity index (χ3v) is 6.89. The van der Waals surface area contributed by atoms with Gasteiger partial charge in [0.2, 0.25) is 15.9 Å². The number of hydrogen-bond donors (Lipinski definition) is 1. The summed E-state index contributed by atoms with van der Waals surface area (Å²) in [7, 11) is -3.65. The van der Waals surface area contributed by atoms with E-state index in [1.54, 1.807) is 23.1 Å². The van der Waals surface area contributed by atoms with Crippen LogP contribution in [0.2, 0.25) is 0 Å². The molecule has 7 nitrogen and oxygen atoms in total. The second-order valence-electron chi connectivity index (χ2n) is 6.58. The molecule has 1 aromatic carbocycles. The van der Waals surface area contributed by atoms with Gasteiger partial charge in [0.1, 0.15) is 0 Å². The van der Waals surface area contributed by atoms with E-state index in [0.717, 1.165) is 24.1 Å². The van der Waals surface area contributed by atoms with Gasteiger partial charge in [0.25, 0.3) is 0 Å². The summed E-state index contributed by atoms with van der Waals surface area (Å²) in [5.74, 6) is -1.39. The standard InChI is InChI=1S/C17H22N2O5S/c1-12(20)19-8-2-3-14-11-15(4-5-16(14)19)25(23,24)18-9-6-13(7-10-18)17(21)22/h4-5,11,13H,2-3,6-10H2,1H3,(H,21,22).